The molecule has 0 amide bonds. The second-order valence-corrected chi connectivity index (χ2v) is 4.70. The molecule has 0 spiro atoms. The van der Waals surface area contributed by atoms with E-state index in [-0.39, 0.29) is 0 Å². The second kappa shape index (κ2) is 6.41. The topological polar surface area (TPSA) is 25.2 Å². The molecule has 2 rings (SSSR count). The third kappa shape index (κ3) is 3.47. The van der Waals surface area contributed by atoms with Gasteiger partial charge in [-0.1, -0.05) is 36.8 Å². The predicted molar refractivity (Wildman–Crippen MR) is 74.9 cm³/mol. The number of benzene rings is 1. The van der Waals surface area contributed by atoms with E-state index in [0.29, 0.717) is 5.92 Å². The molecule has 18 heavy (non-hydrogen) atoms. The van der Waals surface area contributed by atoms with E-state index in [1.54, 1.807) is 6.26 Å². The van der Waals surface area contributed by atoms with Gasteiger partial charge in [0.2, 0.25) is 0 Å². The highest BCUT2D eigenvalue weighted by Gasteiger charge is 2.13. The number of hydrogen-bond acceptors (Lipinski definition) is 2. The van der Waals surface area contributed by atoms with Gasteiger partial charge in [-0.3, -0.25) is 0 Å². The third-order valence-corrected chi connectivity index (χ3v) is 3.18. The van der Waals surface area contributed by atoms with Gasteiger partial charge in [-0.25, -0.2) is 0 Å². The Morgan fingerprint density at radius 1 is 1.22 bits per heavy atom. The molecule has 2 aromatic rings. The van der Waals surface area contributed by atoms with E-state index in [0.717, 1.165) is 25.3 Å². The van der Waals surface area contributed by atoms with Crippen LogP contribution in [0.1, 0.15) is 29.7 Å². The minimum absolute atomic E-state index is 0.469. The van der Waals surface area contributed by atoms with Crippen molar-refractivity contribution in [3.05, 3.63) is 59.5 Å². The smallest absolute Gasteiger partial charge is 0.104 e. The van der Waals surface area contributed by atoms with Gasteiger partial charge in [-0.05, 0) is 31.2 Å². The van der Waals surface area contributed by atoms with Gasteiger partial charge in [0.1, 0.15) is 5.76 Å². The van der Waals surface area contributed by atoms with Gasteiger partial charge in [0.05, 0.1) is 6.26 Å². The summed E-state index contributed by atoms with van der Waals surface area (Å²) in [7, 11) is 0. The average molecular weight is 243 g/mol. The van der Waals surface area contributed by atoms with Crippen LogP contribution in [0, 0.1) is 6.92 Å². The lowest BCUT2D eigenvalue weighted by molar-refractivity contribution is 0.475. The summed E-state index contributed by atoms with van der Waals surface area (Å²) in [5, 5.41) is 3.44. The van der Waals surface area contributed by atoms with Crippen LogP contribution in [0.25, 0.3) is 0 Å². The molecule has 1 heterocycles. The Bertz CT molecular complexity index is 462. The van der Waals surface area contributed by atoms with Crippen LogP contribution in [0.4, 0.5) is 0 Å². The molecule has 96 valence electrons. The zero-order valence-corrected chi connectivity index (χ0v) is 11.1. The van der Waals surface area contributed by atoms with Gasteiger partial charge in [0.15, 0.2) is 0 Å². The van der Waals surface area contributed by atoms with E-state index < -0.39 is 0 Å². The first-order chi connectivity index (χ1) is 8.79. The molecule has 0 fully saturated rings. The number of likely N-dealkylation sites (N-methyl/N-ethyl adjacent to an activating group) is 1. The first-order valence-electron chi connectivity index (χ1n) is 6.59. The Kier molecular flexibility index (Phi) is 4.59. The fourth-order valence-corrected chi connectivity index (χ4v) is 2.22. The largest absolute Gasteiger partial charge is 0.469 e. The maximum absolute atomic E-state index is 5.47. The Labute approximate surface area is 109 Å². The summed E-state index contributed by atoms with van der Waals surface area (Å²) in [5.74, 6) is 1.52. The third-order valence-electron chi connectivity index (χ3n) is 3.18. The maximum Gasteiger partial charge on any atom is 0.104 e. The molecule has 0 radical (unpaired) electrons. The number of furan rings is 1. The summed E-state index contributed by atoms with van der Waals surface area (Å²) in [5.41, 5.74) is 2.70. The van der Waals surface area contributed by atoms with Crippen molar-refractivity contribution < 1.29 is 4.42 Å². The minimum atomic E-state index is 0.469. The molecule has 0 saturated heterocycles. The molecular weight excluding hydrogens is 222 g/mol. The highest BCUT2D eigenvalue weighted by Crippen LogP contribution is 2.21. The molecule has 1 unspecified atom stereocenters. The highest BCUT2D eigenvalue weighted by molar-refractivity contribution is 5.27. The Hall–Kier alpha value is -1.54. The van der Waals surface area contributed by atoms with E-state index in [1.807, 2.05) is 6.07 Å². The van der Waals surface area contributed by atoms with E-state index in [9.17, 15) is 0 Å². The van der Waals surface area contributed by atoms with E-state index >= 15 is 0 Å². The normalized spacial score (nSPS) is 12.6. The molecular formula is C16H21NO. The highest BCUT2D eigenvalue weighted by atomic mass is 16.3. The van der Waals surface area contributed by atoms with Crippen LogP contribution in [0.2, 0.25) is 0 Å². The second-order valence-electron chi connectivity index (χ2n) is 4.70. The van der Waals surface area contributed by atoms with E-state index in [2.05, 4.69) is 49.5 Å². The van der Waals surface area contributed by atoms with Crippen LogP contribution in [-0.2, 0) is 6.42 Å². The summed E-state index contributed by atoms with van der Waals surface area (Å²) in [4.78, 5) is 0. The van der Waals surface area contributed by atoms with E-state index in [4.69, 9.17) is 4.42 Å². The lowest BCUT2D eigenvalue weighted by Gasteiger charge is -2.17. The number of nitrogens with one attached hydrogen (secondary N) is 1. The quantitative estimate of drug-likeness (QED) is 0.839. The fraction of sp³-hybridized carbons (Fsp3) is 0.375. The number of rotatable bonds is 6. The summed E-state index contributed by atoms with van der Waals surface area (Å²) < 4.78 is 5.47. The standard InChI is InChI=1S/C16H21NO/c1-3-17-12-15(11-16-8-5-9-18-16)14-7-4-6-13(2)10-14/h4-10,15,17H,3,11-12H2,1-2H3. The molecule has 1 aromatic heterocycles. The van der Waals surface area contributed by atoms with Crippen molar-refractivity contribution in [2.24, 2.45) is 0 Å². The molecule has 1 atom stereocenters. The lowest BCUT2D eigenvalue weighted by atomic mass is 9.93. The van der Waals surface area contributed by atoms with Crippen LogP contribution < -0.4 is 5.32 Å². The fourth-order valence-electron chi connectivity index (χ4n) is 2.22. The molecule has 0 bridgehead atoms. The summed E-state index contributed by atoms with van der Waals surface area (Å²) >= 11 is 0. The lowest BCUT2D eigenvalue weighted by Crippen LogP contribution is -2.22. The zero-order valence-electron chi connectivity index (χ0n) is 11.1. The Morgan fingerprint density at radius 3 is 2.78 bits per heavy atom. The summed E-state index contributed by atoms with van der Waals surface area (Å²) in [6, 6.07) is 12.7. The van der Waals surface area contributed by atoms with Crippen LogP contribution in [0.15, 0.2) is 47.1 Å². The molecule has 1 N–H and O–H groups in total. The molecule has 2 nitrogen and oxygen atoms in total. The maximum atomic E-state index is 5.47. The van der Waals surface area contributed by atoms with Crippen molar-refractivity contribution in [3.63, 3.8) is 0 Å². The molecule has 2 heteroatoms. The van der Waals surface area contributed by atoms with Gasteiger partial charge < -0.3 is 9.73 Å². The van der Waals surface area contributed by atoms with Crippen molar-refractivity contribution in [3.8, 4) is 0 Å². The van der Waals surface area contributed by atoms with Crippen LogP contribution in [0.5, 0.6) is 0 Å². The zero-order chi connectivity index (χ0) is 12.8. The van der Waals surface area contributed by atoms with Crippen LogP contribution >= 0.6 is 0 Å². The van der Waals surface area contributed by atoms with Gasteiger partial charge in [-0.15, -0.1) is 0 Å². The first-order valence-corrected chi connectivity index (χ1v) is 6.59. The van der Waals surface area contributed by atoms with Crippen molar-refractivity contribution in [1.82, 2.24) is 5.32 Å². The van der Waals surface area contributed by atoms with Gasteiger partial charge >= 0.3 is 0 Å². The molecule has 0 aliphatic rings. The predicted octanol–water partition coefficient (Wildman–Crippen LogP) is 3.52. The molecule has 1 aromatic carbocycles. The van der Waals surface area contributed by atoms with Crippen LogP contribution in [-0.4, -0.2) is 13.1 Å². The Morgan fingerprint density at radius 2 is 2.11 bits per heavy atom. The van der Waals surface area contributed by atoms with Crippen molar-refractivity contribution in [2.75, 3.05) is 13.1 Å². The van der Waals surface area contributed by atoms with Crippen molar-refractivity contribution >= 4 is 0 Å². The van der Waals surface area contributed by atoms with Crippen LogP contribution in [0.3, 0.4) is 0 Å². The van der Waals surface area contributed by atoms with Gasteiger partial charge in [-0.2, -0.15) is 0 Å². The Balaban J connectivity index is 2.13. The van der Waals surface area contributed by atoms with E-state index in [1.165, 1.54) is 11.1 Å². The molecule has 0 aliphatic heterocycles. The molecule has 0 aliphatic carbocycles. The van der Waals surface area contributed by atoms with Gasteiger partial charge in [0, 0.05) is 18.9 Å². The average Bonchev–Trinajstić information content (AvgIpc) is 2.87. The first kappa shape index (κ1) is 12.9. The van der Waals surface area contributed by atoms with Crippen molar-refractivity contribution in [2.45, 2.75) is 26.2 Å². The molecule has 0 saturated carbocycles. The minimum Gasteiger partial charge on any atom is -0.469 e. The SMILES string of the molecule is CCNCC(Cc1ccco1)c1cccc(C)c1. The summed E-state index contributed by atoms with van der Waals surface area (Å²) in [6.07, 6.45) is 2.69. The number of hydrogen-bond donors (Lipinski definition) is 1. The van der Waals surface area contributed by atoms with Crippen molar-refractivity contribution in [1.29, 1.82) is 0 Å². The monoisotopic (exact) mass is 243 g/mol. The number of aryl methyl sites for hydroxylation is 1. The summed E-state index contributed by atoms with van der Waals surface area (Å²) in [6.45, 7) is 6.27. The van der Waals surface area contributed by atoms with Gasteiger partial charge in [0.25, 0.3) is 0 Å².